The maximum absolute atomic E-state index is 11.7. The number of rotatable bonds is 5. The van der Waals surface area contributed by atoms with Crippen LogP contribution in [0.15, 0.2) is 24.3 Å². The molecule has 0 aliphatic carbocycles. The van der Waals surface area contributed by atoms with Crippen molar-refractivity contribution in [3.05, 3.63) is 29.8 Å². The molecule has 0 saturated heterocycles. The number of benzene rings is 1. The molecule has 5 heteroatoms. The number of hydrogen-bond donors (Lipinski definition) is 1. The smallest absolute Gasteiger partial charge is 0.412 e. The maximum atomic E-state index is 11.7. The number of unbranched alkanes of at least 4 members (excludes halogenated alkanes) is 1. The van der Waals surface area contributed by atoms with E-state index in [1.807, 2.05) is 6.92 Å². The molecule has 1 rings (SSSR count). The lowest BCUT2D eigenvalue weighted by molar-refractivity contribution is 0.0499. The molecule has 0 aliphatic rings. The van der Waals surface area contributed by atoms with Crippen LogP contribution >= 0.6 is 0 Å². The minimum absolute atomic E-state index is 0.354. The first-order valence-electron chi connectivity index (χ1n) is 7.09. The fourth-order valence-electron chi connectivity index (χ4n) is 1.50. The molecule has 0 fully saturated rings. The summed E-state index contributed by atoms with van der Waals surface area (Å²) in [6.45, 7) is 7.84. The fraction of sp³-hybridized carbons (Fsp3) is 0.500. The van der Waals surface area contributed by atoms with Crippen molar-refractivity contribution in [3.63, 3.8) is 0 Å². The predicted molar refractivity (Wildman–Crippen MR) is 81.5 cm³/mol. The summed E-state index contributed by atoms with van der Waals surface area (Å²) >= 11 is 0. The van der Waals surface area contributed by atoms with E-state index in [2.05, 4.69) is 5.32 Å². The molecule has 1 amide bonds. The summed E-state index contributed by atoms with van der Waals surface area (Å²) in [5.74, 6) is -0.354. The Morgan fingerprint density at radius 2 is 1.76 bits per heavy atom. The Hall–Kier alpha value is -2.04. The Balaban J connectivity index is 2.54. The number of carbonyl (C=O) groups is 2. The molecule has 0 atom stereocenters. The molecule has 0 bridgehead atoms. The number of anilines is 1. The van der Waals surface area contributed by atoms with Crippen LogP contribution in [0.4, 0.5) is 10.5 Å². The van der Waals surface area contributed by atoms with Crippen LogP contribution in [-0.2, 0) is 9.47 Å². The van der Waals surface area contributed by atoms with Gasteiger partial charge in [0.15, 0.2) is 0 Å². The molecule has 1 N–H and O–H groups in total. The minimum Gasteiger partial charge on any atom is -0.462 e. The SMILES string of the molecule is CCCCOC(=O)c1ccc(NC(=O)OC(C)(C)C)cc1. The summed E-state index contributed by atoms with van der Waals surface area (Å²) in [7, 11) is 0. The van der Waals surface area contributed by atoms with Gasteiger partial charge in [-0.25, -0.2) is 9.59 Å². The van der Waals surface area contributed by atoms with Crippen LogP contribution < -0.4 is 5.32 Å². The normalized spacial score (nSPS) is 10.9. The van der Waals surface area contributed by atoms with Crippen molar-refractivity contribution in [2.75, 3.05) is 11.9 Å². The fourth-order valence-corrected chi connectivity index (χ4v) is 1.50. The van der Waals surface area contributed by atoms with E-state index < -0.39 is 11.7 Å². The zero-order valence-corrected chi connectivity index (χ0v) is 13.1. The summed E-state index contributed by atoms with van der Waals surface area (Å²) in [6, 6.07) is 6.50. The lowest BCUT2D eigenvalue weighted by atomic mass is 10.2. The molecule has 0 aromatic heterocycles. The Morgan fingerprint density at radius 1 is 1.14 bits per heavy atom. The first kappa shape index (κ1) is 17.0. The van der Waals surface area contributed by atoms with E-state index in [1.54, 1.807) is 45.0 Å². The topological polar surface area (TPSA) is 64.6 Å². The van der Waals surface area contributed by atoms with Crippen molar-refractivity contribution in [1.82, 2.24) is 0 Å². The Labute approximate surface area is 125 Å². The van der Waals surface area contributed by atoms with Gasteiger partial charge in [-0.3, -0.25) is 5.32 Å². The van der Waals surface area contributed by atoms with Crippen molar-refractivity contribution in [2.24, 2.45) is 0 Å². The highest BCUT2D eigenvalue weighted by atomic mass is 16.6. The number of nitrogens with one attached hydrogen (secondary N) is 1. The van der Waals surface area contributed by atoms with Gasteiger partial charge in [-0.1, -0.05) is 13.3 Å². The van der Waals surface area contributed by atoms with E-state index in [-0.39, 0.29) is 5.97 Å². The van der Waals surface area contributed by atoms with Gasteiger partial charge in [-0.05, 0) is 51.5 Å². The monoisotopic (exact) mass is 293 g/mol. The molecule has 1 aromatic carbocycles. The van der Waals surface area contributed by atoms with Crippen molar-refractivity contribution >= 4 is 17.7 Å². The van der Waals surface area contributed by atoms with E-state index in [1.165, 1.54) is 0 Å². The number of amides is 1. The van der Waals surface area contributed by atoms with E-state index >= 15 is 0 Å². The third-order valence-electron chi connectivity index (χ3n) is 2.50. The van der Waals surface area contributed by atoms with E-state index in [0.717, 1.165) is 12.8 Å². The molecule has 116 valence electrons. The van der Waals surface area contributed by atoms with Crippen LogP contribution in [-0.4, -0.2) is 24.3 Å². The Kier molecular flexibility index (Phi) is 6.21. The van der Waals surface area contributed by atoms with Crippen LogP contribution in [0.1, 0.15) is 50.9 Å². The highest BCUT2D eigenvalue weighted by molar-refractivity contribution is 5.91. The third-order valence-corrected chi connectivity index (χ3v) is 2.50. The molecule has 0 aliphatic heterocycles. The number of esters is 1. The largest absolute Gasteiger partial charge is 0.462 e. The average Bonchev–Trinajstić information content (AvgIpc) is 2.37. The zero-order chi connectivity index (χ0) is 15.9. The quantitative estimate of drug-likeness (QED) is 0.658. The third kappa shape index (κ3) is 6.79. The van der Waals surface area contributed by atoms with Gasteiger partial charge in [0, 0.05) is 5.69 Å². The van der Waals surface area contributed by atoms with E-state index in [4.69, 9.17) is 9.47 Å². The van der Waals surface area contributed by atoms with Crippen LogP contribution in [0.25, 0.3) is 0 Å². The standard InChI is InChI=1S/C16H23NO4/c1-5-6-11-20-14(18)12-7-9-13(10-8-12)17-15(19)21-16(2,3)4/h7-10H,5-6,11H2,1-4H3,(H,17,19). The van der Waals surface area contributed by atoms with Gasteiger partial charge >= 0.3 is 12.1 Å². The zero-order valence-electron chi connectivity index (χ0n) is 13.1. The molecule has 0 spiro atoms. The van der Waals surface area contributed by atoms with Gasteiger partial charge in [0.05, 0.1) is 12.2 Å². The Bertz CT molecular complexity index is 474. The highest BCUT2D eigenvalue weighted by Gasteiger charge is 2.16. The molecule has 1 aromatic rings. The van der Waals surface area contributed by atoms with E-state index in [0.29, 0.717) is 17.9 Å². The van der Waals surface area contributed by atoms with Crippen LogP contribution in [0.5, 0.6) is 0 Å². The van der Waals surface area contributed by atoms with Crippen molar-refractivity contribution in [1.29, 1.82) is 0 Å². The average molecular weight is 293 g/mol. The van der Waals surface area contributed by atoms with Crippen LogP contribution in [0, 0.1) is 0 Å². The molecule has 0 heterocycles. The lowest BCUT2D eigenvalue weighted by Gasteiger charge is -2.19. The molecule has 0 unspecified atom stereocenters. The summed E-state index contributed by atoms with van der Waals surface area (Å²) in [5.41, 5.74) is 0.475. The summed E-state index contributed by atoms with van der Waals surface area (Å²) < 4.78 is 10.2. The van der Waals surface area contributed by atoms with Gasteiger partial charge in [-0.2, -0.15) is 0 Å². The summed E-state index contributed by atoms with van der Waals surface area (Å²) in [6.07, 6.45) is 1.30. The van der Waals surface area contributed by atoms with Gasteiger partial charge in [0.1, 0.15) is 5.60 Å². The second-order valence-electron chi connectivity index (χ2n) is 5.69. The summed E-state index contributed by atoms with van der Waals surface area (Å²) in [4.78, 5) is 23.3. The van der Waals surface area contributed by atoms with Gasteiger partial charge in [-0.15, -0.1) is 0 Å². The number of ether oxygens (including phenoxy) is 2. The van der Waals surface area contributed by atoms with Gasteiger partial charge in [0.25, 0.3) is 0 Å². The summed E-state index contributed by atoms with van der Waals surface area (Å²) in [5, 5.41) is 2.60. The van der Waals surface area contributed by atoms with Gasteiger partial charge < -0.3 is 9.47 Å². The molecular formula is C16H23NO4. The molecular weight excluding hydrogens is 270 g/mol. The lowest BCUT2D eigenvalue weighted by Crippen LogP contribution is -2.27. The molecule has 21 heavy (non-hydrogen) atoms. The van der Waals surface area contributed by atoms with Crippen LogP contribution in [0.3, 0.4) is 0 Å². The second kappa shape index (κ2) is 7.67. The number of hydrogen-bond acceptors (Lipinski definition) is 4. The maximum Gasteiger partial charge on any atom is 0.412 e. The van der Waals surface area contributed by atoms with Crippen molar-refractivity contribution < 1.29 is 19.1 Å². The molecule has 0 radical (unpaired) electrons. The second-order valence-corrected chi connectivity index (χ2v) is 5.69. The minimum atomic E-state index is -0.549. The van der Waals surface area contributed by atoms with Gasteiger partial charge in [0.2, 0.25) is 0 Å². The molecule has 0 saturated carbocycles. The number of carbonyl (C=O) groups excluding carboxylic acids is 2. The van der Waals surface area contributed by atoms with E-state index in [9.17, 15) is 9.59 Å². The first-order valence-corrected chi connectivity index (χ1v) is 7.09. The van der Waals surface area contributed by atoms with Crippen molar-refractivity contribution in [3.8, 4) is 0 Å². The van der Waals surface area contributed by atoms with Crippen molar-refractivity contribution in [2.45, 2.75) is 46.1 Å². The molecule has 5 nitrogen and oxygen atoms in total. The Morgan fingerprint density at radius 3 is 2.29 bits per heavy atom. The highest BCUT2D eigenvalue weighted by Crippen LogP contribution is 2.13. The van der Waals surface area contributed by atoms with Crippen LogP contribution in [0.2, 0.25) is 0 Å². The first-order chi connectivity index (χ1) is 9.81. The predicted octanol–water partition coefficient (Wildman–Crippen LogP) is 3.99.